The predicted octanol–water partition coefficient (Wildman–Crippen LogP) is 3.91. The lowest BCUT2D eigenvalue weighted by Crippen LogP contribution is -2.35. The number of anilines is 1. The van der Waals surface area contributed by atoms with Gasteiger partial charge in [-0.1, -0.05) is 6.07 Å². The van der Waals surface area contributed by atoms with Crippen LogP contribution in [0.4, 0.5) is 5.69 Å². The molecule has 160 valence electrons. The molecule has 2 aromatic carbocycles. The predicted molar refractivity (Wildman–Crippen MR) is 121 cm³/mol. The molecule has 0 saturated carbocycles. The van der Waals surface area contributed by atoms with Gasteiger partial charge in [-0.2, -0.15) is 0 Å². The summed E-state index contributed by atoms with van der Waals surface area (Å²) in [6.45, 7) is 3.09. The first kappa shape index (κ1) is 21.3. The highest BCUT2D eigenvalue weighted by molar-refractivity contribution is 7.90. The van der Waals surface area contributed by atoms with E-state index in [9.17, 15) is 18.0 Å². The summed E-state index contributed by atoms with van der Waals surface area (Å²) < 4.78 is 23.2. The van der Waals surface area contributed by atoms with Gasteiger partial charge in [0.2, 0.25) is 0 Å². The van der Waals surface area contributed by atoms with Crippen LogP contribution >= 0.6 is 11.3 Å². The second-order valence-electron chi connectivity index (χ2n) is 7.57. The molecule has 0 atom stereocenters. The third kappa shape index (κ3) is 4.40. The largest absolute Gasteiger partial charge is 0.334 e. The van der Waals surface area contributed by atoms with E-state index in [1.54, 1.807) is 29.5 Å². The molecule has 8 heteroatoms. The number of rotatable bonds is 4. The van der Waals surface area contributed by atoms with Crippen molar-refractivity contribution in [1.82, 2.24) is 4.90 Å². The zero-order valence-corrected chi connectivity index (χ0v) is 18.8. The van der Waals surface area contributed by atoms with Gasteiger partial charge in [0.25, 0.3) is 11.8 Å². The number of benzene rings is 2. The molecular weight excluding hydrogens is 432 g/mol. The molecule has 4 rings (SSSR count). The molecule has 0 bridgehead atoms. The molecule has 0 radical (unpaired) electrons. The molecule has 0 saturated heterocycles. The Labute approximate surface area is 185 Å². The number of nitrogens with one attached hydrogen (secondary N) is 1. The molecule has 0 fully saturated rings. The minimum atomic E-state index is -3.32. The van der Waals surface area contributed by atoms with Crippen LogP contribution in [-0.2, 0) is 22.8 Å². The van der Waals surface area contributed by atoms with E-state index in [4.69, 9.17) is 0 Å². The molecule has 1 aliphatic heterocycles. The van der Waals surface area contributed by atoms with Crippen LogP contribution in [0.2, 0.25) is 0 Å². The number of sulfone groups is 1. The molecule has 0 unspecified atom stereocenters. The van der Waals surface area contributed by atoms with Gasteiger partial charge < -0.3 is 10.2 Å². The highest BCUT2D eigenvalue weighted by atomic mass is 32.2. The van der Waals surface area contributed by atoms with Gasteiger partial charge in [0.05, 0.1) is 4.90 Å². The van der Waals surface area contributed by atoms with Crippen molar-refractivity contribution in [3.63, 3.8) is 0 Å². The number of hydrogen-bond donors (Lipinski definition) is 1. The number of thiophene rings is 1. The number of carbonyl (C=O) groups is 2. The van der Waals surface area contributed by atoms with Crippen molar-refractivity contribution < 1.29 is 18.0 Å². The maximum Gasteiger partial charge on any atom is 0.255 e. The average Bonchev–Trinajstić information content (AvgIpc) is 3.22. The Hall–Kier alpha value is -2.97. The highest BCUT2D eigenvalue weighted by Gasteiger charge is 2.24. The van der Waals surface area contributed by atoms with E-state index in [0.29, 0.717) is 35.5 Å². The first-order chi connectivity index (χ1) is 14.7. The van der Waals surface area contributed by atoms with E-state index >= 15 is 0 Å². The third-order valence-electron chi connectivity index (χ3n) is 5.45. The minimum absolute atomic E-state index is 0.0528. The summed E-state index contributed by atoms with van der Waals surface area (Å²) in [4.78, 5) is 29.1. The fourth-order valence-corrected chi connectivity index (χ4v) is 5.16. The highest BCUT2D eigenvalue weighted by Crippen LogP contribution is 2.27. The first-order valence-electron chi connectivity index (χ1n) is 9.79. The fraction of sp³-hybridized carbons (Fsp3) is 0.217. The molecule has 1 N–H and O–H groups in total. The lowest BCUT2D eigenvalue weighted by Gasteiger charge is -2.28. The Morgan fingerprint density at radius 1 is 1.06 bits per heavy atom. The van der Waals surface area contributed by atoms with Crippen molar-refractivity contribution in [3.05, 3.63) is 81.0 Å². The Balaban J connectivity index is 1.52. The standard InChI is InChI=1S/C23H22N2O4S2/c1-15-19(23(27)25-12-10-21-17(14-25)11-13-30-21)4-3-5-20(15)24-22(26)16-6-8-18(9-7-16)31(2,28)29/h3-9,11,13H,10,12,14H2,1-2H3,(H,24,26). The van der Waals surface area contributed by atoms with E-state index < -0.39 is 9.84 Å². The number of carbonyl (C=O) groups excluding carboxylic acids is 2. The van der Waals surface area contributed by atoms with Crippen molar-refractivity contribution in [2.75, 3.05) is 18.1 Å². The normalized spacial score (nSPS) is 13.5. The Bertz CT molecular complexity index is 1260. The van der Waals surface area contributed by atoms with Crippen LogP contribution in [0.1, 0.15) is 36.7 Å². The molecule has 1 aromatic heterocycles. The summed E-state index contributed by atoms with van der Waals surface area (Å²) in [6.07, 6.45) is 1.98. The van der Waals surface area contributed by atoms with Crippen LogP contribution in [0.3, 0.4) is 0 Å². The van der Waals surface area contributed by atoms with Crippen molar-refractivity contribution in [2.24, 2.45) is 0 Å². The van der Waals surface area contributed by atoms with Gasteiger partial charge in [-0.25, -0.2) is 8.42 Å². The van der Waals surface area contributed by atoms with Gasteiger partial charge in [-0.3, -0.25) is 9.59 Å². The van der Waals surface area contributed by atoms with Crippen LogP contribution in [0.25, 0.3) is 0 Å². The summed E-state index contributed by atoms with van der Waals surface area (Å²) >= 11 is 1.73. The lowest BCUT2D eigenvalue weighted by atomic mass is 10.0. The summed E-state index contributed by atoms with van der Waals surface area (Å²) in [5.41, 5.74) is 3.35. The molecule has 1 aliphatic rings. The molecule has 2 heterocycles. The second-order valence-corrected chi connectivity index (χ2v) is 10.6. The topological polar surface area (TPSA) is 83.5 Å². The van der Waals surface area contributed by atoms with Gasteiger partial charge in [-0.05, 0) is 72.3 Å². The van der Waals surface area contributed by atoms with Gasteiger partial charge in [0, 0.05) is 41.0 Å². The molecule has 6 nitrogen and oxygen atoms in total. The van der Waals surface area contributed by atoms with Gasteiger partial charge in [-0.15, -0.1) is 11.3 Å². The van der Waals surface area contributed by atoms with E-state index in [-0.39, 0.29) is 16.7 Å². The number of hydrogen-bond acceptors (Lipinski definition) is 5. The third-order valence-corrected chi connectivity index (χ3v) is 7.60. The quantitative estimate of drug-likeness (QED) is 0.648. The van der Waals surface area contributed by atoms with Gasteiger partial charge >= 0.3 is 0 Å². The maximum absolute atomic E-state index is 13.2. The molecule has 2 amide bonds. The van der Waals surface area contributed by atoms with E-state index in [1.165, 1.54) is 34.7 Å². The average molecular weight is 455 g/mol. The van der Waals surface area contributed by atoms with Gasteiger partial charge in [0.15, 0.2) is 9.84 Å². The van der Waals surface area contributed by atoms with Crippen molar-refractivity contribution >= 4 is 38.7 Å². The SMILES string of the molecule is Cc1c(NC(=O)c2ccc(S(C)(=O)=O)cc2)cccc1C(=O)N1CCc2sccc2C1. The Kier molecular flexibility index (Phi) is 5.68. The minimum Gasteiger partial charge on any atom is -0.334 e. The number of fused-ring (bicyclic) bond motifs is 1. The van der Waals surface area contributed by atoms with Crippen molar-refractivity contribution in [2.45, 2.75) is 24.8 Å². The zero-order chi connectivity index (χ0) is 22.2. The van der Waals surface area contributed by atoms with E-state index in [1.807, 2.05) is 11.8 Å². The van der Waals surface area contributed by atoms with Crippen LogP contribution in [0.15, 0.2) is 58.8 Å². The van der Waals surface area contributed by atoms with Crippen molar-refractivity contribution in [3.8, 4) is 0 Å². The van der Waals surface area contributed by atoms with Crippen LogP contribution in [-0.4, -0.2) is 37.9 Å². The monoisotopic (exact) mass is 454 g/mol. The summed E-state index contributed by atoms with van der Waals surface area (Å²) in [5.74, 6) is -0.420. The molecule has 0 aliphatic carbocycles. The van der Waals surface area contributed by atoms with Crippen LogP contribution < -0.4 is 5.32 Å². The smallest absolute Gasteiger partial charge is 0.255 e. The maximum atomic E-state index is 13.2. The molecule has 0 spiro atoms. The number of nitrogens with zero attached hydrogens (tertiary/aromatic N) is 1. The van der Waals surface area contributed by atoms with Crippen molar-refractivity contribution in [1.29, 1.82) is 0 Å². The van der Waals surface area contributed by atoms with E-state index in [2.05, 4.69) is 16.8 Å². The van der Waals surface area contributed by atoms with Crippen LogP contribution in [0, 0.1) is 6.92 Å². The Morgan fingerprint density at radius 3 is 2.52 bits per heavy atom. The summed E-state index contributed by atoms with van der Waals surface area (Å²) in [6, 6.07) is 13.1. The Morgan fingerprint density at radius 2 is 1.81 bits per heavy atom. The molecular formula is C23H22N2O4S2. The summed E-state index contributed by atoms with van der Waals surface area (Å²) in [5, 5.41) is 4.89. The number of amides is 2. The van der Waals surface area contributed by atoms with E-state index in [0.717, 1.165) is 12.7 Å². The first-order valence-corrected chi connectivity index (χ1v) is 12.6. The van der Waals surface area contributed by atoms with Crippen LogP contribution in [0.5, 0.6) is 0 Å². The molecule has 3 aromatic rings. The second kappa shape index (κ2) is 8.28. The molecule has 31 heavy (non-hydrogen) atoms. The fourth-order valence-electron chi connectivity index (χ4n) is 3.64. The van der Waals surface area contributed by atoms with Gasteiger partial charge in [0.1, 0.15) is 0 Å². The lowest BCUT2D eigenvalue weighted by molar-refractivity contribution is 0.0735. The zero-order valence-electron chi connectivity index (χ0n) is 17.2. The summed E-state index contributed by atoms with van der Waals surface area (Å²) in [7, 11) is -3.32.